The normalized spacial score (nSPS) is 17.1. The number of nitrogens with one attached hydrogen (secondary N) is 6. The van der Waals surface area contributed by atoms with Gasteiger partial charge in [-0.3, -0.25) is 19.2 Å². The molecule has 2 fully saturated rings. The minimum atomic E-state index is -4.68. The highest BCUT2D eigenvalue weighted by Crippen LogP contribution is 2.33. The summed E-state index contributed by atoms with van der Waals surface area (Å²) in [5.74, 6) is 0.179. The van der Waals surface area contributed by atoms with Crippen molar-refractivity contribution in [3.05, 3.63) is 53.2 Å². The molecule has 0 saturated carbocycles. The van der Waals surface area contributed by atoms with Crippen LogP contribution in [0.2, 0.25) is 0 Å². The molecule has 4 rings (SSSR count). The Labute approximate surface area is 341 Å². The van der Waals surface area contributed by atoms with Crippen LogP contribution in [0, 0.1) is 0 Å². The number of fused-ring (bicyclic) bond motifs is 1. The fourth-order valence-electron chi connectivity index (χ4n) is 6.35. The maximum atomic E-state index is 13.2. The molecule has 316 valence electrons. The molecule has 19 heteroatoms. The molecule has 0 aliphatic carbocycles. The summed E-state index contributed by atoms with van der Waals surface area (Å²) in [6.07, 6.45) is 3.89. The van der Waals surface area contributed by atoms with E-state index >= 15 is 0 Å². The topological polar surface area (TPSA) is 206 Å². The van der Waals surface area contributed by atoms with E-state index < -0.39 is 17.8 Å². The first-order valence-electron chi connectivity index (χ1n) is 19.2. The van der Waals surface area contributed by atoms with Crippen molar-refractivity contribution in [3.63, 3.8) is 0 Å². The van der Waals surface area contributed by atoms with E-state index in [1.54, 1.807) is 0 Å². The zero-order valence-electron chi connectivity index (χ0n) is 31.8. The highest BCUT2D eigenvalue weighted by atomic mass is 35.5. The second kappa shape index (κ2) is 24.5. The van der Waals surface area contributed by atoms with Crippen molar-refractivity contribution < 1.29 is 41.9 Å². The first-order chi connectivity index (χ1) is 26.9. The molecule has 2 saturated heterocycles. The lowest BCUT2D eigenvalue weighted by Crippen LogP contribution is -2.36. The first kappa shape index (κ1) is 47.1. The van der Waals surface area contributed by atoms with Gasteiger partial charge < -0.3 is 42.4 Å². The number of halogens is 4. The number of alkyl halides is 3. The van der Waals surface area contributed by atoms with E-state index in [1.165, 1.54) is 30.3 Å². The number of carbonyl (C=O) groups is 5. The van der Waals surface area contributed by atoms with E-state index in [-0.39, 0.29) is 90.6 Å². The number of hydrogen-bond donors (Lipinski definition) is 7. The van der Waals surface area contributed by atoms with Crippen LogP contribution in [0.3, 0.4) is 0 Å². The average molecular weight is 843 g/mol. The van der Waals surface area contributed by atoms with Crippen LogP contribution in [0.25, 0.3) is 0 Å². The van der Waals surface area contributed by atoms with Gasteiger partial charge in [0.25, 0.3) is 5.91 Å². The minimum Gasteiger partial charge on any atom is -0.439 e. The molecule has 3 atom stereocenters. The summed E-state index contributed by atoms with van der Waals surface area (Å²) in [7, 11) is 0. The molecule has 0 unspecified atom stereocenters. The van der Waals surface area contributed by atoms with Crippen LogP contribution in [0.5, 0.6) is 11.6 Å². The van der Waals surface area contributed by atoms with Crippen molar-refractivity contribution in [3.8, 4) is 11.6 Å². The number of benzene rings is 1. The number of amides is 6. The number of rotatable bonds is 24. The van der Waals surface area contributed by atoms with Gasteiger partial charge in [-0.25, -0.2) is 9.78 Å². The number of thioether (sulfide) groups is 1. The number of unbranched alkanes of at least 4 members (excludes halogenated alkanes) is 5. The Morgan fingerprint density at radius 1 is 0.807 bits per heavy atom. The van der Waals surface area contributed by atoms with Crippen LogP contribution in [-0.4, -0.2) is 83.9 Å². The number of urea groups is 1. The predicted octanol–water partition coefficient (Wildman–Crippen LogP) is 4.70. The van der Waals surface area contributed by atoms with Gasteiger partial charge in [-0.15, -0.1) is 12.4 Å². The van der Waals surface area contributed by atoms with Gasteiger partial charge in [0.2, 0.25) is 23.6 Å². The van der Waals surface area contributed by atoms with Crippen LogP contribution in [0.1, 0.15) is 98.7 Å². The molecule has 2 aromatic rings. The van der Waals surface area contributed by atoms with E-state index in [2.05, 4.69) is 36.9 Å². The molecule has 1 aromatic carbocycles. The fourth-order valence-corrected chi connectivity index (χ4v) is 7.89. The molecule has 14 nitrogen and oxygen atoms in total. The van der Waals surface area contributed by atoms with Gasteiger partial charge in [0.15, 0.2) is 0 Å². The largest absolute Gasteiger partial charge is 0.439 e. The lowest BCUT2D eigenvalue weighted by atomic mass is 10.0. The number of carbonyl (C=O) groups excluding carboxylic acids is 5. The maximum absolute atomic E-state index is 13.2. The molecule has 2 aliphatic rings. The number of nitrogens with zero attached hydrogens (tertiary/aromatic N) is 1. The van der Waals surface area contributed by atoms with Gasteiger partial charge >= 0.3 is 12.2 Å². The number of nitrogens with two attached hydrogens (primary N) is 1. The lowest BCUT2D eigenvalue weighted by molar-refractivity contribution is -0.141. The van der Waals surface area contributed by atoms with Crippen LogP contribution < -0.4 is 42.4 Å². The van der Waals surface area contributed by atoms with E-state index in [0.29, 0.717) is 44.0 Å². The molecule has 57 heavy (non-hydrogen) atoms. The molecule has 1 aromatic heterocycles. The second-order valence-corrected chi connectivity index (χ2v) is 15.1. The highest BCUT2D eigenvalue weighted by Gasteiger charge is 2.42. The van der Waals surface area contributed by atoms with Crippen LogP contribution in [0.4, 0.5) is 18.0 Å². The summed E-state index contributed by atoms with van der Waals surface area (Å²) in [5.41, 5.74) is 4.78. The third-order valence-electron chi connectivity index (χ3n) is 9.33. The SMILES string of the molecule is Cl.NCc1cc(Oc2cccc(C(=O)NCCNC(=O)CCCCCNC(=O)CCCCCNC(=O)CCCC[C@@H]3SC[C@@H]4NC(=O)N[C@@H]43)c2)nc(C(F)(F)F)c1. The molecule has 0 radical (unpaired) electrons. The third-order valence-corrected chi connectivity index (χ3v) is 10.8. The maximum Gasteiger partial charge on any atom is 0.433 e. The first-order valence-corrected chi connectivity index (χ1v) is 20.3. The molecule has 0 bridgehead atoms. The summed E-state index contributed by atoms with van der Waals surface area (Å²) in [6.45, 7) is 1.36. The summed E-state index contributed by atoms with van der Waals surface area (Å²) in [4.78, 5) is 64.1. The summed E-state index contributed by atoms with van der Waals surface area (Å²) < 4.78 is 45.1. The van der Waals surface area contributed by atoms with Gasteiger partial charge in [0, 0.05) is 74.6 Å². The molecule has 3 heterocycles. The summed E-state index contributed by atoms with van der Waals surface area (Å²) >= 11 is 1.88. The number of aromatic nitrogens is 1. The average Bonchev–Trinajstić information content (AvgIpc) is 3.73. The number of ether oxygens (including phenoxy) is 1. The Hall–Kier alpha value is -4.29. The molecule has 6 amide bonds. The van der Waals surface area contributed by atoms with E-state index in [0.717, 1.165) is 63.2 Å². The van der Waals surface area contributed by atoms with E-state index in [9.17, 15) is 37.1 Å². The second-order valence-electron chi connectivity index (χ2n) is 13.8. The van der Waals surface area contributed by atoms with Gasteiger partial charge in [0.05, 0.1) is 12.1 Å². The van der Waals surface area contributed by atoms with Crippen molar-refractivity contribution >= 4 is 53.8 Å². The van der Waals surface area contributed by atoms with Crippen molar-refractivity contribution in [1.29, 1.82) is 0 Å². The smallest absolute Gasteiger partial charge is 0.433 e. The number of pyridine rings is 1. The fraction of sp³-hybridized carbons (Fsp3) is 0.579. The Kier molecular flexibility index (Phi) is 20.2. The van der Waals surface area contributed by atoms with Gasteiger partial charge in [0.1, 0.15) is 11.4 Å². The highest BCUT2D eigenvalue weighted by molar-refractivity contribution is 8.00. The van der Waals surface area contributed by atoms with Gasteiger partial charge in [-0.1, -0.05) is 25.3 Å². The van der Waals surface area contributed by atoms with Crippen molar-refractivity contribution in [2.24, 2.45) is 5.73 Å². The van der Waals surface area contributed by atoms with Crippen molar-refractivity contribution in [2.75, 3.05) is 31.9 Å². The Morgan fingerprint density at radius 3 is 2.05 bits per heavy atom. The van der Waals surface area contributed by atoms with Crippen LogP contribution >= 0.6 is 24.2 Å². The number of hydrogen-bond acceptors (Lipinski definition) is 9. The summed E-state index contributed by atoms with van der Waals surface area (Å²) in [5, 5.41) is 17.6. The molecule has 2 aliphatic heterocycles. The lowest BCUT2D eigenvalue weighted by Gasteiger charge is -2.16. The quantitative estimate of drug-likeness (QED) is 0.0577. The molecule has 8 N–H and O–H groups in total. The van der Waals surface area contributed by atoms with E-state index in [1.807, 2.05) is 11.8 Å². The monoisotopic (exact) mass is 842 g/mol. The van der Waals surface area contributed by atoms with Gasteiger partial charge in [-0.2, -0.15) is 24.9 Å². The van der Waals surface area contributed by atoms with E-state index in [4.69, 9.17) is 10.5 Å². The zero-order valence-corrected chi connectivity index (χ0v) is 33.5. The Bertz CT molecular complexity index is 1640. The summed E-state index contributed by atoms with van der Waals surface area (Å²) in [6, 6.07) is 8.38. The molecule has 0 spiro atoms. The molecular formula is C38H54ClF3N8O6S. The van der Waals surface area contributed by atoms with Crippen molar-refractivity contribution in [1.82, 2.24) is 36.9 Å². The standard InChI is InChI=1S/C38H53F3N8O6S.ClH/c39-38(40,41)30-20-25(23-42)21-34(48-30)55-27-11-9-10-26(22-27)36(53)46-19-18-45-33(52)14-4-2-8-16-43-31(50)13-3-1-7-17-44-32(51)15-6-5-12-29-35-28(24-56-29)47-37(54)49-35;/h9-11,20-22,28-29,35H,1-8,12-19,23-24,42H2,(H,43,50)(H,44,51)(H,45,52)(H,46,53)(H2,47,49,54);1H/t28-,29-,35-;/m0./s1. The Morgan fingerprint density at radius 2 is 1.42 bits per heavy atom. The minimum absolute atomic E-state index is 0. The van der Waals surface area contributed by atoms with Crippen LogP contribution in [-0.2, 0) is 27.1 Å². The Balaban J connectivity index is 0.00000870. The van der Waals surface area contributed by atoms with Gasteiger partial charge in [-0.05, 0) is 68.4 Å². The predicted molar refractivity (Wildman–Crippen MR) is 213 cm³/mol. The third kappa shape index (κ3) is 17.0. The zero-order chi connectivity index (χ0) is 40.3. The van der Waals surface area contributed by atoms with Crippen molar-refractivity contribution in [2.45, 2.75) is 107 Å². The molecular weight excluding hydrogens is 789 g/mol. The van der Waals surface area contributed by atoms with Crippen LogP contribution in [0.15, 0.2) is 36.4 Å².